The molecular weight excluding hydrogens is 451 g/mol. The van der Waals surface area contributed by atoms with Gasteiger partial charge in [0.2, 0.25) is 5.43 Å². The second-order valence-corrected chi connectivity index (χ2v) is 7.54. The number of hydrazine groups is 1. The molecule has 0 atom stereocenters. The number of alkyl halides is 3. The summed E-state index contributed by atoms with van der Waals surface area (Å²) in [6, 6.07) is 12.6. The molecule has 0 radical (unpaired) electrons. The zero-order valence-electron chi connectivity index (χ0n) is 18.0. The van der Waals surface area contributed by atoms with Gasteiger partial charge in [-0.15, -0.1) is 0 Å². The Morgan fingerprint density at radius 1 is 0.971 bits per heavy atom. The van der Waals surface area contributed by atoms with Crippen LogP contribution in [-0.4, -0.2) is 26.2 Å². The lowest BCUT2D eigenvalue weighted by molar-refractivity contribution is -0.137. The maximum atomic E-state index is 13.1. The monoisotopic (exact) mass is 469 g/mol. The summed E-state index contributed by atoms with van der Waals surface area (Å²) < 4.78 is 42.1. The summed E-state index contributed by atoms with van der Waals surface area (Å²) in [4.78, 5) is 37.6. The summed E-state index contributed by atoms with van der Waals surface area (Å²) >= 11 is 0. The standard InChI is InChI=1S/C23H18F3N5O3/c1-13-10-19(32)20(29-31(13)15-7-5-6-14(11-15)23(24,25)26)22(34)28-27-21(33)17-12-30(2)18-9-4-3-8-16(17)18/h3-12H,1-2H3,(H,27,33)(H,28,34). The Morgan fingerprint density at radius 3 is 2.41 bits per heavy atom. The quantitative estimate of drug-likeness (QED) is 0.451. The van der Waals surface area contributed by atoms with Crippen LogP contribution in [0.2, 0.25) is 0 Å². The Kier molecular flexibility index (Phi) is 5.70. The van der Waals surface area contributed by atoms with Gasteiger partial charge in [0.25, 0.3) is 11.8 Å². The molecule has 0 aliphatic rings. The average molecular weight is 469 g/mol. The third-order valence-corrected chi connectivity index (χ3v) is 5.17. The number of rotatable bonds is 3. The normalized spacial score (nSPS) is 11.4. The van der Waals surface area contributed by atoms with Crippen molar-refractivity contribution in [3.63, 3.8) is 0 Å². The molecular formula is C23H18F3N5O3. The predicted octanol–water partition coefficient (Wildman–Crippen LogP) is 3.13. The van der Waals surface area contributed by atoms with E-state index in [4.69, 9.17) is 0 Å². The molecule has 0 fully saturated rings. The molecule has 174 valence electrons. The minimum atomic E-state index is -4.57. The van der Waals surface area contributed by atoms with E-state index >= 15 is 0 Å². The number of nitrogens with one attached hydrogen (secondary N) is 2. The SMILES string of the molecule is Cc1cc(=O)c(C(=O)NNC(=O)c2cn(C)c3ccccc23)nn1-c1cccc(C(F)(F)F)c1. The summed E-state index contributed by atoms with van der Waals surface area (Å²) in [5.41, 5.74) is 3.48. The molecule has 0 saturated carbocycles. The third-order valence-electron chi connectivity index (χ3n) is 5.17. The molecule has 8 nitrogen and oxygen atoms in total. The summed E-state index contributed by atoms with van der Waals surface area (Å²) in [7, 11) is 1.77. The van der Waals surface area contributed by atoms with Crippen molar-refractivity contribution in [1.29, 1.82) is 0 Å². The average Bonchev–Trinajstić information content (AvgIpc) is 3.14. The Bertz CT molecular complexity index is 1490. The molecule has 0 aliphatic heterocycles. The molecule has 0 saturated heterocycles. The van der Waals surface area contributed by atoms with Crippen molar-refractivity contribution < 1.29 is 22.8 Å². The lowest BCUT2D eigenvalue weighted by atomic mass is 10.2. The Balaban J connectivity index is 1.59. The first-order valence-corrected chi connectivity index (χ1v) is 9.99. The van der Waals surface area contributed by atoms with Crippen LogP contribution in [0.15, 0.2) is 65.6 Å². The molecule has 2 aromatic carbocycles. The van der Waals surface area contributed by atoms with Gasteiger partial charge in [0, 0.05) is 35.9 Å². The zero-order chi connectivity index (χ0) is 24.6. The Labute approximate surface area is 190 Å². The van der Waals surface area contributed by atoms with E-state index in [1.54, 1.807) is 29.9 Å². The number of fused-ring (bicyclic) bond motifs is 1. The Morgan fingerprint density at radius 2 is 1.68 bits per heavy atom. The van der Waals surface area contributed by atoms with Crippen LogP contribution in [0.25, 0.3) is 16.6 Å². The smallest absolute Gasteiger partial charge is 0.350 e. The fourth-order valence-corrected chi connectivity index (χ4v) is 3.54. The molecule has 4 aromatic rings. The first-order valence-electron chi connectivity index (χ1n) is 9.99. The van der Waals surface area contributed by atoms with E-state index in [-0.39, 0.29) is 11.4 Å². The van der Waals surface area contributed by atoms with Crippen LogP contribution in [-0.2, 0) is 13.2 Å². The summed E-state index contributed by atoms with van der Waals surface area (Å²) in [6.45, 7) is 1.47. The molecule has 0 spiro atoms. The number of benzene rings is 2. The fraction of sp³-hybridized carbons (Fsp3) is 0.130. The van der Waals surface area contributed by atoms with E-state index in [2.05, 4.69) is 16.0 Å². The molecule has 34 heavy (non-hydrogen) atoms. The van der Waals surface area contributed by atoms with Gasteiger partial charge in [-0.2, -0.15) is 18.3 Å². The van der Waals surface area contributed by atoms with Crippen molar-refractivity contribution >= 4 is 22.7 Å². The van der Waals surface area contributed by atoms with Crippen LogP contribution in [0.3, 0.4) is 0 Å². The highest BCUT2D eigenvalue weighted by Gasteiger charge is 2.30. The minimum absolute atomic E-state index is 0.0150. The van der Waals surface area contributed by atoms with Crippen molar-refractivity contribution in [3.8, 4) is 5.69 Å². The lowest BCUT2D eigenvalue weighted by Crippen LogP contribution is -2.44. The van der Waals surface area contributed by atoms with Gasteiger partial charge in [0.1, 0.15) is 0 Å². The van der Waals surface area contributed by atoms with Crippen LogP contribution in [0.5, 0.6) is 0 Å². The number of nitrogens with zero attached hydrogens (tertiary/aromatic N) is 3. The molecule has 0 unspecified atom stereocenters. The topological polar surface area (TPSA) is 98.0 Å². The number of hydrogen-bond donors (Lipinski definition) is 2. The summed E-state index contributed by atoms with van der Waals surface area (Å²) in [6.07, 6.45) is -2.98. The van der Waals surface area contributed by atoms with Crippen molar-refractivity contribution in [1.82, 2.24) is 25.2 Å². The number of aromatic nitrogens is 3. The number of carbonyl (C=O) groups is 2. The van der Waals surface area contributed by atoms with Crippen molar-refractivity contribution in [2.24, 2.45) is 7.05 Å². The second kappa shape index (κ2) is 8.50. The van der Waals surface area contributed by atoms with Gasteiger partial charge in [-0.05, 0) is 31.2 Å². The molecule has 11 heteroatoms. The number of amides is 2. The van der Waals surface area contributed by atoms with Gasteiger partial charge >= 0.3 is 6.18 Å². The lowest BCUT2D eigenvalue weighted by Gasteiger charge is -2.13. The van der Waals surface area contributed by atoms with Crippen LogP contribution in [0, 0.1) is 6.92 Å². The van der Waals surface area contributed by atoms with Crippen LogP contribution >= 0.6 is 0 Å². The van der Waals surface area contributed by atoms with Crippen molar-refractivity contribution in [3.05, 3.63) is 93.5 Å². The highest BCUT2D eigenvalue weighted by Crippen LogP contribution is 2.30. The third kappa shape index (κ3) is 4.27. The van der Waals surface area contributed by atoms with E-state index in [9.17, 15) is 27.6 Å². The molecule has 2 N–H and O–H groups in total. The largest absolute Gasteiger partial charge is 0.416 e. The predicted molar refractivity (Wildman–Crippen MR) is 117 cm³/mol. The number of halogens is 3. The van der Waals surface area contributed by atoms with Gasteiger partial charge in [-0.1, -0.05) is 24.3 Å². The highest BCUT2D eigenvalue weighted by atomic mass is 19.4. The molecule has 2 aromatic heterocycles. The van der Waals surface area contributed by atoms with Crippen molar-refractivity contribution in [2.45, 2.75) is 13.1 Å². The van der Waals surface area contributed by atoms with Gasteiger partial charge in [0.05, 0.1) is 16.8 Å². The van der Waals surface area contributed by atoms with Crippen LogP contribution in [0.4, 0.5) is 13.2 Å². The Hall–Kier alpha value is -4.41. The minimum Gasteiger partial charge on any atom is -0.350 e. The molecule has 2 heterocycles. The first kappa shape index (κ1) is 22.8. The summed E-state index contributed by atoms with van der Waals surface area (Å²) in [5, 5.41) is 4.60. The number of para-hydroxylation sites is 1. The van der Waals surface area contributed by atoms with Crippen LogP contribution in [0.1, 0.15) is 32.1 Å². The van der Waals surface area contributed by atoms with E-state index in [1.807, 2.05) is 12.1 Å². The van der Waals surface area contributed by atoms with Gasteiger partial charge < -0.3 is 4.57 Å². The molecule has 0 aliphatic carbocycles. The van der Waals surface area contributed by atoms with Gasteiger partial charge in [-0.3, -0.25) is 25.2 Å². The highest BCUT2D eigenvalue weighted by molar-refractivity contribution is 6.07. The van der Waals surface area contributed by atoms with Gasteiger partial charge in [0.15, 0.2) is 5.69 Å². The first-order chi connectivity index (χ1) is 16.1. The van der Waals surface area contributed by atoms with E-state index in [0.717, 1.165) is 28.4 Å². The molecule has 0 bridgehead atoms. The van der Waals surface area contributed by atoms with E-state index in [0.29, 0.717) is 10.9 Å². The molecule has 4 rings (SSSR count). The summed E-state index contributed by atoms with van der Waals surface area (Å²) in [5.74, 6) is -1.63. The zero-order valence-corrected chi connectivity index (χ0v) is 18.0. The van der Waals surface area contributed by atoms with E-state index < -0.39 is 34.7 Å². The fourth-order valence-electron chi connectivity index (χ4n) is 3.54. The maximum absolute atomic E-state index is 13.1. The number of carbonyl (C=O) groups excluding carboxylic acids is 2. The van der Waals surface area contributed by atoms with E-state index in [1.165, 1.54) is 19.1 Å². The second-order valence-electron chi connectivity index (χ2n) is 7.54. The number of aryl methyl sites for hydroxylation is 2. The molecule has 2 amide bonds. The number of hydrogen-bond acceptors (Lipinski definition) is 4. The van der Waals surface area contributed by atoms with Crippen LogP contribution < -0.4 is 16.3 Å². The maximum Gasteiger partial charge on any atom is 0.416 e. The van der Waals surface area contributed by atoms with Gasteiger partial charge in [-0.25, -0.2) is 4.68 Å². The van der Waals surface area contributed by atoms with Crippen molar-refractivity contribution in [2.75, 3.05) is 0 Å².